The van der Waals surface area contributed by atoms with Crippen LogP contribution in [0.4, 0.5) is 0 Å². The fraction of sp³-hybridized carbons (Fsp3) is 0.227. The van der Waals surface area contributed by atoms with Crippen molar-refractivity contribution in [2.75, 3.05) is 7.11 Å². The quantitative estimate of drug-likeness (QED) is 0.316. The first-order chi connectivity index (χ1) is 13.2. The first-order valence-electron chi connectivity index (χ1n) is 8.75. The van der Waals surface area contributed by atoms with E-state index in [0.717, 1.165) is 21.8 Å². The maximum atomic E-state index is 13.1. The predicted octanol–water partition coefficient (Wildman–Crippen LogP) is 3.46. The molecule has 1 N–H and O–H groups in total. The Labute approximate surface area is 157 Å². The molecule has 1 heterocycles. The van der Waals surface area contributed by atoms with Gasteiger partial charge in [-0.25, -0.2) is 9.78 Å². The van der Waals surface area contributed by atoms with Gasteiger partial charge < -0.3 is 10.1 Å². The summed E-state index contributed by atoms with van der Waals surface area (Å²) < 4.78 is 4.84. The number of nitrogens with one attached hydrogen (secondary N) is 1. The molecule has 1 atom stereocenters. The second-order valence-electron chi connectivity index (χ2n) is 6.17. The molecule has 3 rings (SSSR count). The maximum Gasteiger partial charge on any atom is 0.328 e. The summed E-state index contributed by atoms with van der Waals surface area (Å²) in [5, 5.41) is 4.29. The minimum Gasteiger partial charge on any atom is -0.467 e. The SMILES string of the molecule is C#CCCC[C@@H](NC(=O)c1c2ccccc2nc2ccccc12)C(=O)OC. The number of hydrogen-bond donors (Lipinski definition) is 1. The van der Waals surface area contributed by atoms with E-state index >= 15 is 0 Å². The molecule has 0 saturated carbocycles. The Hall–Kier alpha value is -3.39. The number of terminal acetylenes is 1. The third kappa shape index (κ3) is 3.90. The minimum atomic E-state index is -0.749. The lowest BCUT2D eigenvalue weighted by Gasteiger charge is -2.17. The summed E-state index contributed by atoms with van der Waals surface area (Å²) in [7, 11) is 1.31. The first-order valence-corrected chi connectivity index (χ1v) is 8.75. The molecule has 0 aliphatic heterocycles. The Morgan fingerprint density at radius 2 is 1.70 bits per heavy atom. The molecule has 0 aliphatic carbocycles. The van der Waals surface area contributed by atoms with E-state index in [4.69, 9.17) is 11.2 Å². The summed E-state index contributed by atoms with van der Waals surface area (Å²) >= 11 is 0. The fourth-order valence-electron chi connectivity index (χ4n) is 3.11. The van der Waals surface area contributed by atoms with Crippen molar-refractivity contribution in [3.63, 3.8) is 0 Å². The minimum absolute atomic E-state index is 0.332. The van der Waals surface area contributed by atoms with Crippen LogP contribution >= 0.6 is 0 Å². The average molecular weight is 360 g/mol. The number of hydrogen-bond acceptors (Lipinski definition) is 4. The van der Waals surface area contributed by atoms with E-state index in [0.29, 0.717) is 24.8 Å². The highest BCUT2D eigenvalue weighted by atomic mass is 16.5. The number of methoxy groups -OCH3 is 1. The molecule has 0 bridgehead atoms. The van der Waals surface area contributed by atoms with Crippen molar-refractivity contribution in [3.05, 3.63) is 54.1 Å². The van der Waals surface area contributed by atoms with Crippen molar-refractivity contribution < 1.29 is 14.3 Å². The van der Waals surface area contributed by atoms with Gasteiger partial charge in [0.15, 0.2) is 0 Å². The second kappa shape index (κ2) is 8.33. The van der Waals surface area contributed by atoms with E-state index in [2.05, 4.69) is 16.2 Å². The summed E-state index contributed by atoms with van der Waals surface area (Å²) in [6.45, 7) is 0. The molecule has 0 spiro atoms. The molecule has 0 radical (unpaired) electrons. The maximum absolute atomic E-state index is 13.1. The molecule has 0 fully saturated rings. The molecule has 0 unspecified atom stereocenters. The molecule has 136 valence electrons. The van der Waals surface area contributed by atoms with Gasteiger partial charge in [0.25, 0.3) is 5.91 Å². The number of rotatable bonds is 6. The van der Waals surface area contributed by atoms with Crippen LogP contribution in [-0.4, -0.2) is 30.0 Å². The van der Waals surface area contributed by atoms with E-state index in [1.54, 1.807) is 0 Å². The van der Waals surface area contributed by atoms with E-state index in [1.165, 1.54) is 7.11 Å². The number of ether oxygens (including phenoxy) is 1. The standard InChI is InChI=1S/C22H20N2O3/c1-3-4-5-14-19(22(26)27-2)24-21(25)20-15-10-6-8-12-17(15)23-18-13-9-7-11-16(18)20/h1,6-13,19H,4-5,14H2,2H3,(H,24,25)/t19-/m1/s1. The van der Waals surface area contributed by atoms with Gasteiger partial charge in [-0.1, -0.05) is 36.4 Å². The number of pyridine rings is 1. The van der Waals surface area contributed by atoms with E-state index in [1.807, 2.05) is 48.5 Å². The van der Waals surface area contributed by atoms with Crippen LogP contribution in [0.25, 0.3) is 21.8 Å². The van der Waals surface area contributed by atoms with Crippen LogP contribution in [0.5, 0.6) is 0 Å². The molecule has 3 aromatic rings. The summed E-state index contributed by atoms with van der Waals surface area (Å²) in [5.41, 5.74) is 1.95. The van der Waals surface area contributed by atoms with Gasteiger partial charge in [-0.2, -0.15) is 0 Å². The normalized spacial score (nSPS) is 11.7. The molecular formula is C22H20N2O3. The van der Waals surface area contributed by atoms with Crippen molar-refractivity contribution in [1.29, 1.82) is 0 Å². The van der Waals surface area contributed by atoms with Gasteiger partial charge in [0, 0.05) is 17.2 Å². The van der Waals surface area contributed by atoms with Gasteiger partial charge in [-0.15, -0.1) is 12.3 Å². The van der Waals surface area contributed by atoms with Gasteiger partial charge >= 0.3 is 5.97 Å². The average Bonchev–Trinajstić information content (AvgIpc) is 2.70. The lowest BCUT2D eigenvalue weighted by molar-refractivity contribution is -0.143. The van der Waals surface area contributed by atoms with Crippen LogP contribution in [0.2, 0.25) is 0 Å². The van der Waals surface area contributed by atoms with Gasteiger partial charge in [0.05, 0.1) is 23.7 Å². The van der Waals surface area contributed by atoms with Crippen molar-refractivity contribution >= 4 is 33.7 Å². The lowest BCUT2D eigenvalue weighted by atomic mass is 10.0. The number of carbonyl (C=O) groups excluding carboxylic acids is 2. The lowest BCUT2D eigenvalue weighted by Crippen LogP contribution is -2.41. The largest absolute Gasteiger partial charge is 0.467 e. The van der Waals surface area contributed by atoms with Gasteiger partial charge in [0.2, 0.25) is 0 Å². The van der Waals surface area contributed by atoms with Crippen molar-refractivity contribution in [2.24, 2.45) is 0 Å². The Morgan fingerprint density at radius 1 is 1.11 bits per heavy atom. The summed E-state index contributed by atoms with van der Waals surface area (Å²) in [4.78, 5) is 29.9. The highest BCUT2D eigenvalue weighted by Crippen LogP contribution is 2.26. The highest BCUT2D eigenvalue weighted by molar-refractivity contribution is 6.16. The molecule has 2 aromatic carbocycles. The molecule has 0 saturated heterocycles. The van der Waals surface area contributed by atoms with Crippen LogP contribution in [0.3, 0.4) is 0 Å². The van der Waals surface area contributed by atoms with Crippen LogP contribution in [0, 0.1) is 12.3 Å². The van der Waals surface area contributed by atoms with Crippen LogP contribution in [-0.2, 0) is 9.53 Å². The van der Waals surface area contributed by atoms with Crippen LogP contribution in [0.1, 0.15) is 29.6 Å². The van der Waals surface area contributed by atoms with Gasteiger partial charge in [-0.3, -0.25) is 4.79 Å². The number of nitrogens with zero attached hydrogens (tertiary/aromatic N) is 1. The highest BCUT2D eigenvalue weighted by Gasteiger charge is 2.24. The molecule has 27 heavy (non-hydrogen) atoms. The Balaban J connectivity index is 2.02. The van der Waals surface area contributed by atoms with Gasteiger partial charge in [0.1, 0.15) is 6.04 Å². The topological polar surface area (TPSA) is 68.3 Å². The first kappa shape index (κ1) is 18.4. The molecule has 1 amide bonds. The van der Waals surface area contributed by atoms with E-state index < -0.39 is 12.0 Å². The Bertz CT molecular complexity index is 983. The smallest absolute Gasteiger partial charge is 0.328 e. The molecule has 5 nitrogen and oxygen atoms in total. The molecule has 1 aromatic heterocycles. The molecule has 5 heteroatoms. The summed E-state index contributed by atoms with van der Waals surface area (Å²) in [6, 6.07) is 14.2. The number of para-hydroxylation sites is 2. The zero-order valence-corrected chi connectivity index (χ0v) is 15.1. The zero-order chi connectivity index (χ0) is 19.2. The Morgan fingerprint density at radius 3 is 2.26 bits per heavy atom. The molecular weight excluding hydrogens is 340 g/mol. The number of unbranched alkanes of at least 4 members (excludes halogenated alkanes) is 1. The number of amides is 1. The third-order valence-electron chi connectivity index (χ3n) is 4.42. The summed E-state index contributed by atoms with van der Waals surface area (Å²) in [5.74, 6) is 1.72. The van der Waals surface area contributed by atoms with Crippen molar-refractivity contribution in [2.45, 2.75) is 25.3 Å². The second-order valence-corrected chi connectivity index (χ2v) is 6.17. The predicted molar refractivity (Wildman–Crippen MR) is 105 cm³/mol. The third-order valence-corrected chi connectivity index (χ3v) is 4.42. The van der Waals surface area contributed by atoms with Gasteiger partial charge in [-0.05, 0) is 25.0 Å². The van der Waals surface area contributed by atoms with E-state index in [-0.39, 0.29) is 5.91 Å². The van der Waals surface area contributed by atoms with Crippen molar-refractivity contribution in [1.82, 2.24) is 10.3 Å². The number of benzene rings is 2. The fourth-order valence-corrected chi connectivity index (χ4v) is 3.11. The summed E-state index contributed by atoms with van der Waals surface area (Å²) in [6.07, 6.45) is 6.85. The Kier molecular flexibility index (Phi) is 5.68. The van der Waals surface area contributed by atoms with E-state index in [9.17, 15) is 9.59 Å². The zero-order valence-electron chi connectivity index (χ0n) is 15.1. The monoisotopic (exact) mass is 360 g/mol. The van der Waals surface area contributed by atoms with Crippen LogP contribution < -0.4 is 5.32 Å². The van der Waals surface area contributed by atoms with Crippen molar-refractivity contribution in [3.8, 4) is 12.3 Å². The number of fused-ring (bicyclic) bond motifs is 2. The number of aromatic nitrogens is 1. The number of esters is 1. The number of carbonyl (C=O) groups is 2. The molecule has 0 aliphatic rings. The van der Waals surface area contributed by atoms with Crippen LogP contribution in [0.15, 0.2) is 48.5 Å².